The van der Waals surface area contributed by atoms with Crippen molar-refractivity contribution < 1.29 is 14.2 Å². The van der Waals surface area contributed by atoms with E-state index in [4.69, 9.17) is 14.2 Å². The molecule has 0 spiro atoms. The van der Waals surface area contributed by atoms with E-state index in [9.17, 15) is 0 Å². The maximum atomic E-state index is 6.08. The molecule has 0 aliphatic carbocycles. The van der Waals surface area contributed by atoms with Gasteiger partial charge in [-0.3, -0.25) is 0 Å². The lowest BCUT2D eigenvalue weighted by atomic mass is 10.2. The molecule has 0 fully saturated rings. The Hall–Kier alpha value is -2.51. The predicted octanol–water partition coefficient (Wildman–Crippen LogP) is 3.32. The molecule has 5 rings (SSSR count). The minimum Gasteiger partial charge on any atom is -0.496 e. The van der Waals surface area contributed by atoms with Gasteiger partial charge in [-0.15, -0.1) is 0 Å². The summed E-state index contributed by atoms with van der Waals surface area (Å²) in [6.45, 7) is 1.51. The lowest BCUT2D eigenvalue weighted by molar-refractivity contribution is 0.359. The minimum absolute atomic E-state index is 0.755. The van der Waals surface area contributed by atoms with Crippen LogP contribution in [0.1, 0.15) is 11.1 Å². The van der Waals surface area contributed by atoms with Gasteiger partial charge in [-0.1, -0.05) is 54.6 Å². The summed E-state index contributed by atoms with van der Waals surface area (Å²) >= 11 is 0. The van der Waals surface area contributed by atoms with Gasteiger partial charge in [-0.2, -0.15) is 0 Å². The van der Waals surface area contributed by atoms with E-state index in [0.29, 0.717) is 0 Å². The van der Waals surface area contributed by atoms with Crippen LogP contribution >= 0.6 is 7.92 Å². The molecule has 27 heavy (non-hydrogen) atoms. The van der Waals surface area contributed by atoms with Gasteiger partial charge in [0.15, 0.2) is 0 Å². The van der Waals surface area contributed by atoms with Crippen LogP contribution in [0.2, 0.25) is 0 Å². The number of hydrogen-bond donors (Lipinski definition) is 0. The molecule has 3 nitrogen and oxygen atoms in total. The van der Waals surface area contributed by atoms with E-state index in [1.165, 1.54) is 27.0 Å². The Bertz CT molecular complexity index is 941. The molecule has 2 aliphatic rings. The quantitative estimate of drug-likeness (QED) is 0.654. The number of rotatable bonds is 4. The van der Waals surface area contributed by atoms with Crippen LogP contribution in [0, 0.1) is 0 Å². The highest BCUT2D eigenvalue weighted by Crippen LogP contribution is 2.45. The third-order valence-electron chi connectivity index (χ3n) is 5.20. The van der Waals surface area contributed by atoms with Crippen molar-refractivity contribution in [1.82, 2.24) is 0 Å². The molecule has 0 saturated heterocycles. The number of ether oxygens (including phenoxy) is 3. The Morgan fingerprint density at radius 1 is 0.704 bits per heavy atom. The summed E-state index contributed by atoms with van der Waals surface area (Å²) in [5.41, 5.74) is 2.59. The highest BCUT2D eigenvalue weighted by molar-refractivity contribution is 7.80. The van der Waals surface area contributed by atoms with Crippen molar-refractivity contribution in [2.45, 2.75) is 12.8 Å². The van der Waals surface area contributed by atoms with Crippen molar-refractivity contribution >= 4 is 23.8 Å². The van der Waals surface area contributed by atoms with Crippen molar-refractivity contribution in [3.8, 4) is 17.2 Å². The number of methoxy groups -OCH3 is 1. The molecule has 0 atom stereocenters. The van der Waals surface area contributed by atoms with Crippen LogP contribution in [0.4, 0.5) is 0 Å². The van der Waals surface area contributed by atoms with Crippen molar-refractivity contribution in [2.75, 3.05) is 20.3 Å². The van der Waals surface area contributed by atoms with E-state index in [1.807, 2.05) is 12.1 Å². The summed E-state index contributed by atoms with van der Waals surface area (Å²) in [5.74, 6) is 3.00. The average Bonchev–Trinajstić information content (AvgIpc) is 3.38. The summed E-state index contributed by atoms with van der Waals surface area (Å²) < 4.78 is 17.9. The molecule has 3 aromatic rings. The van der Waals surface area contributed by atoms with Crippen LogP contribution in [0.3, 0.4) is 0 Å². The molecule has 4 heteroatoms. The predicted molar refractivity (Wildman–Crippen MR) is 110 cm³/mol. The zero-order chi connectivity index (χ0) is 18.2. The minimum atomic E-state index is -0.853. The third-order valence-corrected chi connectivity index (χ3v) is 7.71. The molecule has 0 saturated carbocycles. The number of fused-ring (bicyclic) bond motifs is 2. The van der Waals surface area contributed by atoms with E-state index in [0.717, 1.165) is 43.3 Å². The largest absolute Gasteiger partial charge is 0.496 e. The topological polar surface area (TPSA) is 27.7 Å². The molecule has 3 aromatic carbocycles. The second-order valence-electron chi connectivity index (χ2n) is 6.73. The Kier molecular flexibility index (Phi) is 4.26. The van der Waals surface area contributed by atoms with Gasteiger partial charge < -0.3 is 14.2 Å². The van der Waals surface area contributed by atoms with Crippen LogP contribution in [0.5, 0.6) is 17.2 Å². The summed E-state index contributed by atoms with van der Waals surface area (Å²) in [5, 5.41) is 3.68. The van der Waals surface area contributed by atoms with Gasteiger partial charge in [0.05, 0.1) is 20.3 Å². The highest BCUT2D eigenvalue weighted by atomic mass is 31.1. The first-order chi connectivity index (χ1) is 13.4. The van der Waals surface area contributed by atoms with Gasteiger partial charge in [-0.05, 0) is 25.1 Å². The fourth-order valence-electron chi connectivity index (χ4n) is 3.95. The van der Waals surface area contributed by atoms with E-state index in [2.05, 4.69) is 48.5 Å². The van der Waals surface area contributed by atoms with Crippen molar-refractivity contribution in [1.29, 1.82) is 0 Å². The zero-order valence-electron chi connectivity index (χ0n) is 15.3. The Balaban J connectivity index is 1.77. The third kappa shape index (κ3) is 2.78. The van der Waals surface area contributed by atoms with Crippen molar-refractivity contribution in [3.05, 3.63) is 71.8 Å². The summed E-state index contributed by atoms with van der Waals surface area (Å²) in [6, 6.07) is 21.4. The van der Waals surface area contributed by atoms with Gasteiger partial charge in [0.1, 0.15) is 17.2 Å². The van der Waals surface area contributed by atoms with Gasteiger partial charge >= 0.3 is 0 Å². The lowest BCUT2D eigenvalue weighted by Gasteiger charge is -2.24. The zero-order valence-corrected chi connectivity index (χ0v) is 16.2. The van der Waals surface area contributed by atoms with Crippen LogP contribution in [0.25, 0.3) is 0 Å². The van der Waals surface area contributed by atoms with Crippen molar-refractivity contribution in [3.63, 3.8) is 0 Å². The number of para-hydroxylation sites is 3. The van der Waals surface area contributed by atoms with E-state index < -0.39 is 7.92 Å². The monoisotopic (exact) mass is 376 g/mol. The van der Waals surface area contributed by atoms with E-state index in [-0.39, 0.29) is 0 Å². The molecule has 0 bridgehead atoms. The Labute approximate surface area is 160 Å². The first-order valence-electron chi connectivity index (χ1n) is 9.29. The molecule has 0 aromatic heterocycles. The molecular formula is C23H21O3P. The molecule has 0 amide bonds. The first kappa shape index (κ1) is 16.6. The van der Waals surface area contributed by atoms with Gasteiger partial charge in [0.2, 0.25) is 0 Å². The Morgan fingerprint density at radius 3 is 1.85 bits per heavy atom. The Morgan fingerprint density at radius 2 is 1.26 bits per heavy atom. The van der Waals surface area contributed by atoms with Crippen molar-refractivity contribution in [2.24, 2.45) is 0 Å². The number of benzene rings is 3. The molecule has 136 valence electrons. The summed E-state index contributed by atoms with van der Waals surface area (Å²) in [6.07, 6.45) is 1.95. The first-order valence-corrected chi connectivity index (χ1v) is 10.6. The molecular weight excluding hydrogens is 355 g/mol. The number of hydrogen-bond acceptors (Lipinski definition) is 3. The lowest BCUT2D eigenvalue weighted by Crippen LogP contribution is -2.24. The molecule has 0 radical (unpaired) electrons. The molecule has 2 aliphatic heterocycles. The van der Waals surface area contributed by atoms with Gasteiger partial charge in [0, 0.05) is 28.8 Å². The van der Waals surface area contributed by atoms with Crippen LogP contribution < -0.4 is 30.1 Å². The van der Waals surface area contributed by atoms with Crippen LogP contribution in [0.15, 0.2) is 60.7 Å². The summed E-state index contributed by atoms with van der Waals surface area (Å²) in [7, 11) is 0.887. The molecule has 0 unspecified atom stereocenters. The van der Waals surface area contributed by atoms with Crippen LogP contribution in [-0.4, -0.2) is 20.3 Å². The summed E-state index contributed by atoms with van der Waals surface area (Å²) in [4.78, 5) is 0. The second kappa shape index (κ2) is 6.90. The normalized spacial score (nSPS) is 14.4. The smallest absolute Gasteiger partial charge is 0.130 e. The second-order valence-corrected chi connectivity index (χ2v) is 8.85. The standard InChI is InChI=1S/C23H21O3P/c1-24-18-8-2-3-9-19(18)27(20-10-4-6-16-12-14-25-22(16)20)21-11-5-7-17-13-15-26-23(17)21/h2-11H,12-15H2,1H3. The van der Waals surface area contributed by atoms with Gasteiger partial charge in [0.25, 0.3) is 0 Å². The fourth-order valence-corrected chi connectivity index (χ4v) is 6.64. The SMILES string of the molecule is COc1ccccc1P(c1cccc2c1OCC2)c1cccc2c1OCC2. The van der Waals surface area contributed by atoms with E-state index in [1.54, 1.807) is 7.11 Å². The molecule has 2 heterocycles. The maximum Gasteiger partial charge on any atom is 0.130 e. The fraction of sp³-hybridized carbons (Fsp3) is 0.217. The van der Waals surface area contributed by atoms with Gasteiger partial charge in [-0.25, -0.2) is 0 Å². The average molecular weight is 376 g/mol. The van der Waals surface area contributed by atoms with E-state index >= 15 is 0 Å². The molecule has 0 N–H and O–H groups in total. The van der Waals surface area contributed by atoms with Crippen LogP contribution in [-0.2, 0) is 12.8 Å². The highest BCUT2D eigenvalue weighted by Gasteiger charge is 2.30. The maximum absolute atomic E-state index is 6.08.